The van der Waals surface area contributed by atoms with Gasteiger partial charge in [0.25, 0.3) is 5.91 Å². The minimum atomic E-state index is -0.0636. The van der Waals surface area contributed by atoms with E-state index in [4.69, 9.17) is 17.0 Å². The van der Waals surface area contributed by atoms with Crippen LogP contribution in [0.1, 0.15) is 25.3 Å². The van der Waals surface area contributed by atoms with Gasteiger partial charge in [0, 0.05) is 6.54 Å². The maximum atomic E-state index is 12.3. The van der Waals surface area contributed by atoms with Crippen LogP contribution in [0.5, 0.6) is 5.75 Å². The average molecular weight is 290 g/mol. The molecular formula is C15H18N2O2S. The maximum absolute atomic E-state index is 12.3. The highest BCUT2D eigenvalue weighted by atomic mass is 32.1. The van der Waals surface area contributed by atoms with Gasteiger partial charge < -0.3 is 10.1 Å². The van der Waals surface area contributed by atoms with Gasteiger partial charge in [-0.3, -0.25) is 9.69 Å². The number of carbonyl (C=O) groups excluding carboxylic acids is 1. The molecule has 1 aliphatic rings. The van der Waals surface area contributed by atoms with Crippen molar-refractivity contribution in [2.24, 2.45) is 0 Å². The minimum absolute atomic E-state index is 0.0636. The Labute approximate surface area is 124 Å². The van der Waals surface area contributed by atoms with Crippen LogP contribution in [0.4, 0.5) is 0 Å². The normalized spacial score (nSPS) is 16.7. The van der Waals surface area contributed by atoms with E-state index in [0.717, 1.165) is 24.2 Å². The van der Waals surface area contributed by atoms with Gasteiger partial charge in [0.15, 0.2) is 5.11 Å². The zero-order chi connectivity index (χ0) is 14.5. The fraction of sp³-hybridized carbons (Fsp3) is 0.333. The summed E-state index contributed by atoms with van der Waals surface area (Å²) in [7, 11) is 1.62. The zero-order valence-electron chi connectivity index (χ0n) is 11.7. The Kier molecular flexibility index (Phi) is 4.74. The van der Waals surface area contributed by atoms with Gasteiger partial charge in [-0.2, -0.15) is 0 Å². The first kappa shape index (κ1) is 14.5. The molecule has 1 saturated heterocycles. The predicted octanol–water partition coefficient (Wildman–Crippen LogP) is 2.55. The van der Waals surface area contributed by atoms with E-state index in [2.05, 4.69) is 12.2 Å². The molecule has 1 aliphatic heterocycles. The average Bonchev–Trinajstić information content (AvgIpc) is 2.72. The molecule has 1 heterocycles. The van der Waals surface area contributed by atoms with Crippen molar-refractivity contribution in [3.63, 3.8) is 0 Å². The number of ether oxygens (including phenoxy) is 1. The molecule has 1 fully saturated rings. The van der Waals surface area contributed by atoms with Crippen LogP contribution in [0, 0.1) is 0 Å². The van der Waals surface area contributed by atoms with Crippen molar-refractivity contribution in [1.29, 1.82) is 0 Å². The van der Waals surface area contributed by atoms with Crippen molar-refractivity contribution in [2.75, 3.05) is 13.7 Å². The van der Waals surface area contributed by atoms with Gasteiger partial charge in [0.2, 0.25) is 0 Å². The molecule has 0 saturated carbocycles. The number of methoxy groups -OCH3 is 1. The third-order valence-electron chi connectivity index (χ3n) is 3.10. The monoisotopic (exact) mass is 290 g/mol. The molecular weight excluding hydrogens is 272 g/mol. The molecule has 0 bridgehead atoms. The number of hydrogen-bond donors (Lipinski definition) is 1. The van der Waals surface area contributed by atoms with Gasteiger partial charge in [-0.05, 0) is 42.4 Å². The first-order valence-electron chi connectivity index (χ1n) is 6.64. The number of thiocarbonyl (C=S) groups is 1. The Bertz CT molecular complexity index is 555. The quantitative estimate of drug-likeness (QED) is 0.668. The fourth-order valence-corrected chi connectivity index (χ4v) is 2.27. The molecule has 0 unspecified atom stereocenters. The van der Waals surface area contributed by atoms with Crippen molar-refractivity contribution in [3.8, 4) is 5.75 Å². The molecule has 0 radical (unpaired) electrons. The number of hydrogen-bond acceptors (Lipinski definition) is 3. The highest BCUT2D eigenvalue weighted by Gasteiger charge is 2.29. The Hall–Kier alpha value is -1.88. The lowest BCUT2D eigenvalue weighted by Crippen LogP contribution is -2.31. The Morgan fingerprint density at radius 2 is 2.25 bits per heavy atom. The van der Waals surface area contributed by atoms with E-state index in [1.165, 1.54) is 0 Å². The summed E-state index contributed by atoms with van der Waals surface area (Å²) in [5.74, 6) is 0.696. The van der Waals surface area contributed by atoms with Gasteiger partial charge >= 0.3 is 0 Å². The molecule has 1 N–H and O–H groups in total. The molecule has 0 aromatic heterocycles. The molecule has 5 heteroatoms. The van der Waals surface area contributed by atoms with E-state index in [9.17, 15) is 4.79 Å². The molecule has 4 nitrogen and oxygen atoms in total. The molecule has 2 rings (SSSR count). The summed E-state index contributed by atoms with van der Waals surface area (Å²) in [6, 6.07) is 7.55. The van der Waals surface area contributed by atoms with E-state index in [1.807, 2.05) is 24.3 Å². The van der Waals surface area contributed by atoms with Crippen LogP contribution in [-0.4, -0.2) is 29.6 Å². The van der Waals surface area contributed by atoms with Crippen LogP contribution in [-0.2, 0) is 4.79 Å². The molecule has 20 heavy (non-hydrogen) atoms. The standard InChI is InChI=1S/C15H18N2O2S/c1-3-4-8-17-14(18)13(16-15(17)20)10-11-6-5-7-12(9-11)19-2/h5-7,9-10H,3-4,8H2,1-2H3,(H,16,20)/b13-10-. The second-order valence-corrected chi connectivity index (χ2v) is 4.96. The molecule has 0 spiro atoms. The predicted molar refractivity (Wildman–Crippen MR) is 83.3 cm³/mol. The number of nitrogens with one attached hydrogen (secondary N) is 1. The van der Waals surface area contributed by atoms with Crippen molar-refractivity contribution < 1.29 is 9.53 Å². The van der Waals surface area contributed by atoms with Gasteiger partial charge in [0.1, 0.15) is 11.4 Å². The molecule has 106 valence electrons. The van der Waals surface area contributed by atoms with E-state index in [0.29, 0.717) is 17.4 Å². The zero-order valence-corrected chi connectivity index (χ0v) is 12.5. The Morgan fingerprint density at radius 1 is 1.45 bits per heavy atom. The van der Waals surface area contributed by atoms with Crippen molar-refractivity contribution >= 4 is 29.3 Å². The summed E-state index contributed by atoms with van der Waals surface area (Å²) in [5.41, 5.74) is 1.42. The summed E-state index contributed by atoms with van der Waals surface area (Å²) in [6.07, 6.45) is 3.77. The molecule has 1 aromatic rings. The SMILES string of the molecule is CCCCN1C(=O)/C(=C/c2cccc(OC)c2)NC1=S. The molecule has 1 amide bonds. The lowest BCUT2D eigenvalue weighted by atomic mass is 10.2. The third kappa shape index (κ3) is 3.17. The summed E-state index contributed by atoms with van der Waals surface area (Å²) >= 11 is 5.20. The van der Waals surface area contributed by atoms with Crippen molar-refractivity contribution in [1.82, 2.24) is 10.2 Å². The van der Waals surface area contributed by atoms with Crippen LogP contribution < -0.4 is 10.1 Å². The summed E-state index contributed by atoms with van der Waals surface area (Å²) in [6.45, 7) is 2.75. The Morgan fingerprint density at radius 3 is 2.95 bits per heavy atom. The second kappa shape index (κ2) is 6.52. The molecule has 0 atom stereocenters. The number of carbonyl (C=O) groups is 1. The van der Waals surface area contributed by atoms with Crippen LogP contribution >= 0.6 is 12.2 Å². The molecule has 0 aliphatic carbocycles. The van der Waals surface area contributed by atoms with Crippen LogP contribution in [0.15, 0.2) is 30.0 Å². The fourth-order valence-electron chi connectivity index (χ4n) is 1.99. The van der Waals surface area contributed by atoms with Crippen LogP contribution in [0.2, 0.25) is 0 Å². The lowest BCUT2D eigenvalue weighted by molar-refractivity contribution is -0.122. The van der Waals surface area contributed by atoms with Crippen molar-refractivity contribution in [3.05, 3.63) is 35.5 Å². The van der Waals surface area contributed by atoms with Gasteiger partial charge in [-0.1, -0.05) is 25.5 Å². The van der Waals surface area contributed by atoms with Gasteiger partial charge in [-0.25, -0.2) is 0 Å². The highest BCUT2D eigenvalue weighted by Crippen LogP contribution is 2.18. The van der Waals surface area contributed by atoms with Crippen molar-refractivity contribution in [2.45, 2.75) is 19.8 Å². The number of benzene rings is 1. The highest BCUT2D eigenvalue weighted by molar-refractivity contribution is 7.80. The topological polar surface area (TPSA) is 41.6 Å². The van der Waals surface area contributed by atoms with Gasteiger partial charge in [-0.15, -0.1) is 0 Å². The van der Waals surface area contributed by atoms with Crippen LogP contribution in [0.3, 0.4) is 0 Å². The Balaban J connectivity index is 2.18. The van der Waals surface area contributed by atoms with Gasteiger partial charge in [0.05, 0.1) is 7.11 Å². The third-order valence-corrected chi connectivity index (χ3v) is 3.42. The summed E-state index contributed by atoms with van der Waals surface area (Å²) in [4.78, 5) is 13.9. The second-order valence-electron chi connectivity index (χ2n) is 4.58. The van der Waals surface area contributed by atoms with E-state index >= 15 is 0 Å². The number of amides is 1. The van der Waals surface area contributed by atoms with E-state index in [1.54, 1.807) is 18.1 Å². The number of unbranched alkanes of at least 4 members (excludes halogenated alkanes) is 1. The maximum Gasteiger partial charge on any atom is 0.276 e. The molecule has 1 aromatic carbocycles. The summed E-state index contributed by atoms with van der Waals surface area (Å²) in [5, 5.41) is 3.46. The smallest absolute Gasteiger partial charge is 0.276 e. The first-order chi connectivity index (χ1) is 9.65. The first-order valence-corrected chi connectivity index (χ1v) is 7.05. The minimum Gasteiger partial charge on any atom is -0.497 e. The number of nitrogens with zero attached hydrogens (tertiary/aromatic N) is 1. The van der Waals surface area contributed by atoms with E-state index < -0.39 is 0 Å². The summed E-state index contributed by atoms with van der Waals surface area (Å²) < 4.78 is 5.17. The largest absolute Gasteiger partial charge is 0.497 e. The van der Waals surface area contributed by atoms with Crippen LogP contribution in [0.25, 0.3) is 6.08 Å². The number of rotatable bonds is 5. The lowest BCUT2D eigenvalue weighted by Gasteiger charge is -2.12. The van der Waals surface area contributed by atoms with E-state index in [-0.39, 0.29) is 5.91 Å².